The summed E-state index contributed by atoms with van der Waals surface area (Å²) in [5.41, 5.74) is 9.36. The van der Waals surface area contributed by atoms with Crippen LogP contribution < -0.4 is 5.73 Å². The number of nitrogen functional groups attached to an aromatic ring is 1. The third-order valence-electron chi connectivity index (χ3n) is 2.90. The monoisotopic (exact) mass is 355 g/mol. The molecule has 1 aromatic carbocycles. The number of alkyl halides is 1. The third kappa shape index (κ3) is 2.85. The van der Waals surface area contributed by atoms with Crippen LogP contribution in [0.2, 0.25) is 0 Å². The first-order valence-electron chi connectivity index (χ1n) is 6.18. The Labute approximate surface area is 122 Å². The summed E-state index contributed by atoms with van der Waals surface area (Å²) >= 11 is 2.43. The molecule has 0 aliphatic rings. The van der Waals surface area contributed by atoms with Crippen molar-refractivity contribution in [3.8, 4) is 5.69 Å². The molecule has 2 rings (SSSR count). The number of halogens is 1. The lowest BCUT2D eigenvalue weighted by atomic mass is 10.2. The fourth-order valence-electron chi connectivity index (χ4n) is 1.86. The van der Waals surface area contributed by atoms with Gasteiger partial charge in [0.05, 0.1) is 15.3 Å². The molecule has 0 bridgehead atoms. The second-order valence-electron chi connectivity index (χ2n) is 4.50. The Bertz CT molecular complexity index is 516. The fourth-order valence-corrected chi connectivity index (χ4v) is 2.79. The zero-order valence-electron chi connectivity index (χ0n) is 10.7. The second-order valence-corrected chi connectivity index (χ2v) is 6.00. The predicted octanol–water partition coefficient (Wildman–Crippen LogP) is 4.04. The Morgan fingerprint density at radius 3 is 2.61 bits per heavy atom. The van der Waals surface area contributed by atoms with Crippen molar-refractivity contribution < 1.29 is 0 Å². The van der Waals surface area contributed by atoms with Crippen molar-refractivity contribution >= 4 is 28.4 Å². The number of rotatable bonds is 4. The van der Waals surface area contributed by atoms with E-state index in [9.17, 15) is 0 Å². The zero-order valence-corrected chi connectivity index (χ0v) is 12.9. The van der Waals surface area contributed by atoms with Crippen LogP contribution in [0.1, 0.15) is 34.9 Å². The quantitative estimate of drug-likeness (QED) is 0.665. The van der Waals surface area contributed by atoms with Crippen LogP contribution in [0.25, 0.3) is 5.69 Å². The molecule has 3 nitrogen and oxygen atoms in total. The average molecular weight is 355 g/mol. The number of anilines is 1. The highest BCUT2D eigenvalue weighted by molar-refractivity contribution is 14.1. The number of benzene rings is 1. The lowest BCUT2D eigenvalue weighted by Crippen LogP contribution is -2.02. The molecule has 96 valence electrons. The van der Waals surface area contributed by atoms with Crippen molar-refractivity contribution in [1.29, 1.82) is 0 Å². The summed E-state index contributed by atoms with van der Waals surface area (Å²) in [6.07, 6.45) is 2.29. The molecule has 0 saturated carbocycles. The molecule has 0 amide bonds. The van der Waals surface area contributed by atoms with Crippen molar-refractivity contribution in [2.45, 2.75) is 30.6 Å². The summed E-state index contributed by atoms with van der Waals surface area (Å²) < 4.78 is 2.25. The maximum atomic E-state index is 6.04. The summed E-state index contributed by atoms with van der Waals surface area (Å²) in [4.78, 5) is 0. The molecule has 0 spiro atoms. The average Bonchev–Trinajstić information content (AvgIpc) is 2.73. The van der Waals surface area contributed by atoms with Crippen LogP contribution in [0.15, 0.2) is 30.3 Å². The van der Waals surface area contributed by atoms with E-state index in [-0.39, 0.29) is 0 Å². The van der Waals surface area contributed by atoms with Gasteiger partial charge in [-0.25, -0.2) is 4.68 Å². The number of hydrogen-bond acceptors (Lipinski definition) is 2. The summed E-state index contributed by atoms with van der Waals surface area (Å²) in [5.74, 6) is 0.701. The number of nitrogens with zero attached hydrogens (tertiary/aromatic N) is 2. The van der Waals surface area contributed by atoms with Crippen LogP contribution in [0.4, 0.5) is 5.82 Å². The standard InChI is InChI=1S/C14H18IN3/c1-3-4-12(15)13-9-14(16)18(17-13)11-7-5-10(2)6-8-11/h5-9,12H,3-4,16H2,1-2H3. The van der Waals surface area contributed by atoms with Crippen LogP contribution >= 0.6 is 22.6 Å². The highest BCUT2D eigenvalue weighted by Crippen LogP contribution is 2.29. The second kappa shape index (κ2) is 5.73. The van der Waals surface area contributed by atoms with Gasteiger partial charge in [0.2, 0.25) is 0 Å². The molecular formula is C14H18IN3. The fraction of sp³-hybridized carbons (Fsp3) is 0.357. The minimum absolute atomic E-state index is 0.432. The Morgan fingerprint density at radius 2 is 2.00 bits per heavy atom. The zero-order chi connectivity index (χ0) is 13.1. The Balaban J connectivity index is 2.31. The molecule has 2 N–H and O–H groups in total. The van der Waals surface area contributed by atoms with Crippen LogP contribution in [0, 0.1) is 6.92 Å². The molecule has 1 aromatic heterocycles. The molecule has 1 heterocycles. The van der Waals surface area contributed by atoms with Crippen LogP contribution in [0.3, 0.4) is 0 Å². The van der Waals surface area contributed by atoms with Gasteiger partial charge in [0, 0.05) is 6.07 Å². The van der Waals surface area contributed by atoms with Gasteiger partial charge in [-0.05, 0) is 25.5 Å². The molecule has 1 unspecified atom stereocenters. The number of nitrogens with two attached hydrogens (primary N) is 1. The first-order valence-corrected chi connectivity index (χ1v) is 7.43. The maximum Gasteiger partial charge on any atom is 0.127 e. The lowest BCUT2D eigenvalue weighted by molar-refractivity contribution is 0.757. The molecule has 0 aliphatic carbocycles. The molecule has 4 heteroatoms. The Morgan fingerprint density at radius 1 is 1.33 bits per heavy atom. The van der Waals surface area contributed by atoms with Gasteiger partial charge >= 0.3 is 0 Å². The van der Waals surface area contributed by atoms with Crippen molar-refractivity contribution in [3.05, 3.63) is 41.6 Å². The van der Waals surface area contributed by atoms with Crippen molar-refractivity contribution in [2.24, 2.45) is 0 Å². The van der Waals surface area contributed by atoms with Crippen LogP contribution in [-0.4, -0.2) is 9.78 Å². The smallest absolute Gasteiger partial charge is 0.127 e. The highest BCUT2D eigenvalue weighted by atomic mass is 127. The first kappa shape index (κ1) is 13.4. The summed E-state index contributed by atoms with van der Waals surface area (Å²) in [5, 5.41) is 4.61. The van der Waals surface area contributed by atoms with Crippen LogP contribution in [0.5, 0.6) is 0 Å². The van der Waals surface area contributed by atoms with Gasteiger partial charge in [-0.2, -0.15) is 5.10 Å². The van der Waals surface area contributed by atoms with E-state index in [1.807, 2.05) is 22.9 Å². The van der Waals surface area contributed by atoms with E-state index in [1.165, 1.54) is 5.56 Å². The van der Waals surface area contributed by atoms with Gasteiger partial charge in [-0.15, -0.1) is 0 Å². The lowest BCUT2D eigenvalue weighted by Gasteiger charge is -2.05. The minimum atomic E-state index is 0.432. The highest BCUT2D eigenvalue weighted by Gasteiger charge is 2.13. The molecule has 2 aromatic rings. The van der Waals surface area contributed by atoms with E-state index in [1.54, 1.807) is 0 Å². The van der Waals surface area contributed by atoms with E-state index < -0.39 is 0 Å². The van der Waals surface area contributed by atoms with E-state index in [4.69, 9.17) is 5.73 Å². The summed E-state index contributed by atoms with van der Waals surface area (Å²) in [6.45, 7) is 4.26. The predicted molar refractivity (Wildman–Crippen MR) is 84.4 cm³/mol. The number of hydrogen-bond donors (Lipinski definition) is 1. The maximum absolute atomic E-state index is 6.04. The van der Waals surface area contributed by atoms with Crippen LogP contribution in [-0.2, 0) is 0 Å². The first-order chi connectivity index (χ1) is 8.61. The molecule has 0 radical (unpaired) electrons. The molecule has 0 aliphatic heterocycles. The van der Waals surface area contributed by atoms with Gasteiger partial charge in [0.15, 0.2) is 0 Å². The minimum Gasteiger partial charge on any atom is -0.384 e. The van der Waals surface area contributed by atoms with Gasteiger partial charge in [-0.3, -0.25) is 0 Å². The largest absolute Gasteiger partial charge is 0.384 e. The molecule has 0 saturated heterocycles. The van der Waals surface area contributed by atoms with Crippen molar-refractivity contribution in [1.82, 2.24) is 9.78 Å². The third-order valence-corrected chi connectivity index (χ3v) is 4.16. The van der Waals surface area contributed by atoms with Gasteiger partial charge in [-0.1, -0.05) is 53.6 Å². The molecule has 1 atom stereocenters. The van der Waals surface area contributed by atoms with Gasteiger partial charge < -0.3 is 5.73 Å². The van der Waals surface area contributed by atoms with E-state index in [0.29, 0.717) is 9.74 Å². The van der Waals surface area contributed by atoms with Crippen molar-refractivity contribution in [2.75, 3.05) is 5.73 Å². The Kier molecular flexibility index (Phi) is 4.27. The molecule has 18 heavy (non-hydrogen) atoms. The van der Waals surface area contributed by atoms with E-state index in [0.717, 1.165) is 24.2 Å². The van der Waals surface area contributed by atoms with Gasteiger partial charge in [0.25, 0.3) is 0 Å². The van der Waals surface area contributed by atoms with Crippen molar-refractivity contribution in [3.63, 3.8) is 0 Å². The molecular weight excluding hydrogens is 337 g/mol. The Hall–Kier alpha value is -1.04. The number of aryl methyl sites for hydroxylation is 1. The topological polar surface area (TPSA) is 43.8 Å². The van der Waals surface area contributed by atoms with Gasteiger partial charge in [0.1, 0.15) is 5.82 Å². The van der Waals surface area contributed by atoms with E-state index in [2.05, 4.69) is 53.7 Å². The molecule has 0 fully saturated rings. The summed E-state index contributed by atoms with van der Waals surface area (Å²) in [7, 11) is 0. The SMILES string of the molecule is CCCC(I)c1cc(N)n(-c2ccc(C)cc2)n1. The number of aromatic nitrogens is 2. The summed E-state index contributed by atoms with van der Waals surface area (Å²) in [6, 6.07) is 10.2. The normalized spacial score (nSPS) is 12.6. The van der Waals surface area contributed by atoms with E-state index >= 15 is 0 Å².